The van der Waals surface area contributed by atoms with Crippen molar-refractivity contribution in [2.45, 2.75) is 52.9 Å². The van der Waals surface area contributed by atoms with E-state index in [4.69, 9.17) is 0 Å². The average molecular weight is 926 g/mol. The number of rotatable bonds is 11. The van der Waals surface area contributed by atoms with Gasteiger partial charge in [-0.1, -0.05) is 226 Å². The predicted octanol–water partition coefficient (Wildman–Crippen LogP) is 19.1. The van der Waals surface area contributed by atoms with Gasteiger partial charge in [-0.05, 0) is 144 Å². The second-order valence-electron chi connectivity index (χ2n) is 18.0. The van der Waals surface area contributed by atoms with Crippen molar-refractivity contribution in [2.24, 2.45) is 0 Å². The zero-order valence-electron chi connectivity index (χ0n) is 41.4. The van der Waals surface area contributed by atoms with E-state index >= 15 is 0 Å². The number of hydrogen-bond acceptors (Lipinski definition) is 2. The molecule has 2 heteroatoms. The highest BCUT2D eigenvalue weighted by molar-refractivity contribution is 7.12. The first-order chi connectivity index (χ1) is 34.1. The van der Waals surface area contributed by atoms with Crippen LogP contribution in [-0.4, -0.2) is 0 Å². The lowest BCUT2D eigenvalue weighted by Crippen LogP contribution is -2.29. The molecule has 0 spiro atoms. The molecule has 70 heavy (non-hydrogen) atoms. The monoisotopic (exact) mass is 925 g/mol. The zero-order valence-corrected chi connectivity index (χ0v) is 42.3. The summed E-state index contributed by atoms with van der Waals surface area (Å²) < 4.78 is 0. The summed E-state index contributed by atoms with van der Waals surface area (Å²) in [5, 5.41) is 2.35. The maximum atomic E-state index is 4.40. The molecule has 0 N–H and O–H groups in total. The molecule has 0 saturated heterocycles. The van der Waals surface area contributed by atoms with E-state index in [9.17, 15) is 0 Å². The molecule has 346 valence electrons. The van der Waals surface area contributed by atoms with E-state index < -0.39 is 5.41 Å². The maximum Gasteiger partial charge on any atom is 0.0714 e. The molecule has 1 aromatic heterocycles. The van der Waals surface area contributed by atoms with Crippen molar-refractivity contribution in [3.8, 4) is 11.1 Å². The predicted molar refractivity (Wildman–Crippen MR) is 309 cm³/mol. The van der Waals surface area contributed by atoms with Crippen molar-refractivity contribution < 1.29 is 0 Å². The molecule has 7 aromatic carbocycles. The minimum absolute atomic E-state index is 0.572. The van der Waals surface area contributed by atoms with Gasteiger partial charge in [0.2, 0.25) is 0 Å². The van der Waals surface area contributed by atoms with Crippen molar-refractivity contribution in [2.75, 3.05) is 4.90 Å². The van der Waals surface area contributed by atoms with Crippen LogP contribution in [0.5, 0.6) is 0 Å². The average Bonchev–Trinajstić information content (AvgIpc) is 3.87. The normalized spacial score (nSPS) is 13.0. The number of nitrogens with zero attached hydrogens (tertiary/aromatic N) is 1. The highest BCUT2D eigenvalue weighted by atomic mass is 32.1. The Hall–Kier alpha value is -7.78. The molecule has 0 unspecified atom stereocenters. The van der Waals surface area contributed by atoms with E-state index in [1.807, 2.05) is 53.9 Å². The van der Waals surface area contributed by atoms with Crippen LogP contribution in [0.3, 0.4) is 0 Å². The number of allylic oxidation sites excluding steroid dienone is 7. The lowest BCUT2D eigenvalue weighted by atomic mass is 9.67. The second-order valence-corrected chi connectivity index (χ2v) is 19.3. The molecular weight excluding hydrogens is 863 g/mol. The number of fused-ring (bicyclic) bond motifs is 5. The first-order valence-corrected chi connectivity index (χ1v) is 25.0. The van der Waals surface area contributed by atoms with Gasteiger partial charge < -0.3 is 4.90 Å². The van der Waals surface area contributed by atoms with Crippen LogP contribution in [0.1, 0.15) is 84.3 Å². The van der Waals surface area contributed by atoms with Crippen LogP contribution in [0.2, 0.25) is 0 Å². The van der Waals surface area contributed by atoms with Crippen molar-refractivity contribution in [1.82, 2.24) is 0 Å². The van der Waals surface area contributed by atoms with Gasteiger partial charge in [0.15, 0.2) is 0 Å². The third-order valence-electron chi connectivity index (χ3n) is 13.5. The summed E-state index contributed by atoms with van der Waals surface area (Å²) in [6, 6.07) is 54.6. The number of hydrogen-bond donors (Lipinski definition) is 0. The van der Waals surface area contributed by atoms with Gasteiger partial charge in [0.25, 0.3) is 0 Å². The fourth-order valence-electron chi connectivity index (χ4n) is 10.2. The Morgan fingerprint density at radius 3 is 1.79 bits per heavy atom. The van der Waals surface area contributed by atoms with Crippen LogP contribution in [0.25, 0.3) is 45.7 Å². The Morgan fingerprint density at radius 2 is 1.19 bits per heavy atom. The van der Waals surface area contributed by atoms with Gasteiger partial charge in [-0.2, -0.15) is 0 Å². The van der Waals surface area contributed by atoms with Gasteiger partial charge in [0, 0.05) is 26.7 Å². The fourth-order valence-corrected chi connectivity index (χ4v) is 11.5. The lowest BCUT2D eigenvalue weighted by molar-refractivity contribution is 0.767. The Balaban J connectivity index is 0.000000233. The van der Waals surface area contributed by atoms with E-state index in [2.05, 4.69) is 236 Å². The molecule has 0 bridgehead atoms. The van der Waals surface area contributed by atoms with Crippen molar-refractivity contribution in [3.63, 3.8) is 0 Å². The van der Waals surface area contributed by atoms with Crippen LogP contribution < -0.4 is 4.90 Å². The molecule has 2 aliphatic carbocycles. The summed E-state index contributed by atoms with van der Waals surface area (Å²) in [4.78, 5) is 5.25. The molecule has 0 saturated carbocycles. The van der Waals surface area contributed by atoms with Crippen LogP contribution in [0, 0.1) is 27.7 Å². The van der Waals surface area contributed by atoms with E-state index in [-0.39, 0.29) is 0 Å². The Kier molecular flexibility index (Phi) is 15.1. The standard InChI is InChI=1S/C46H37N.C14H16S.C8H10/c1-6-18-37(7-2)47(38-27-26-33-19-16-17-20-34(33)30-38)44-31-43-45(40(9-4)39(44)8-3)41-28-25-32(5)29-42(41)46(43,35-21-12-10-13-22-35)36-23-14-11-15-24-36;1-4-5-8-12-11(3)15-13-9-6-7-10(2)14(12)13;1-7-3-5-8(2)6-4-7/h6-31H,1-4H2,5H3;4-5,7-8H,1,6,9H2,2-3H3;3-6H,1-2H3/b37-18+;8-5-;. The Bertz CT molecular complexity index is 3270. The van der Waals surface area contributed by atoms with Gasteiger partial charge in [0.1, 0.15) is 0 Å². The molecule has 10 rings (SSSR count). The van der Waals surface area contributed by atoms with Crippen molar-refractivity contribution >= 4 is 57.3 Å². The largest absolute Gasteiger partial charge is 0.310 e. The zero-order chi connectivity index (χ0) is 49.4. The van der Waals surface area contributed by atoms with Crippen LogP contribution in [-0.2, 0) is 11.8 Å². The molecular formula is C68H63NS. The lowest BCUT2D eigenvalue weighted by Gasteiger charge is -2.36. The van der Waals surface area contributed by atoms with Crippen LogP contribution >= 0.6 is 11.3 Å². The third-order valence-corrected chi connectivity index (χ3v) is 14.7. The Labute approximate surface area is 421 Å². The Morgan fingerprint density at radius 1 is 0.571 bits per heavy atom. The highest BCUT2D eigenvalue weighted by Gasteiger charge is 2.48. The number of thiophene rings is 1. The molecule has 2 aliphatic rings. The minimum Gasteiger partial charge on any atom is -0.310 e. The first kappa shape index (κ1) is 48.7. The minimum atomic E-state index is -0.572. The smallest absolute Gasteiger partial charge is 0.0714 e. The molecule has 0 atom stereocenters. The van der Waals surface area contributed by atoms with Crippen LogP contribution in [0.15, 0.2) is 227 Å². The van der Waals surface area contributed by atoms with Gasteiger partial charge in [0.05, 0.1) is 11.1 Å². The molecule has 8 aromatic rings. The van der Waals surface area contributed by atoms with Gasteiger partial charge in [-0.3, -0.25) is 0 Å². The fraction of sp³-hybridized carbons (Fsp3) is 0.118. The summed E-state index contributed by atoms with van der Waals surface area (Å²) in [6.45, 7) is 31.6. The van der Waals surface area contributed by atoms with Crippen LogP contribution in [0.4, 0.5) is 11.4 Å². The quantitative estimate of drug-likeness (QED) is 0.117. The van der Waals surface area contributed by atoms with E-state index in [0.717, 1.165) is 33.6 Å². The third kappa shape index (κ3) is 9.36. The number of aryl methyl sites for hydroxylation is 5. The summed E-state index contributed by atoms with van der Waals surface area (Å²) in [5.41, 5.74) is 19.9. The molecule has 1 nitrogen and oxygen atoms in total. The number of anilines is 2. The van der Waals surface area contributed by atoms with Crippen molar-refractivity contribution in [3.05, 3.63) is 298 Å². The summed E-state index contributed by atoms with van der Waals surface area (Å²) >= 11 is 1.94. The van der Waals surface area contributed by atoms with Gasteiger partial charge in [-0.15, -0.1) is 11.3 Å². The second kappa shape index (κ2) is 21.7. The molecule has 1 heterocycles. The van der Waals surface area contributed by atoms with Gasteiger partial charge in [-0.25, -0.2) is 0 Å². The SMILES string of the molecule is C=C/C=C(\C=C)N(c1ccc2ccccc2c1)c1cc2c(c(C=C)c1C=C)-c1ccc(C)cc1C2(c1ccccc1)c1ccccc1.C=C/C=C\c1c(C)sc2c1C(C)=CCC2.Cc1ccc(C)cc1. The first-order valence-electron chi connectivity index (χ1n) is 24.1. The van der Waals surface area contributed by atoms with E-state index in [1.54, 1.807) is 4.88 Å². The molecule has 0 aliphatic heterocycles. The number of benzene rings is 7. The van der Waals surface area contributed by atoms with Crippen molar-refractivity contribution in [1.29, 1.82) is 0 Å². The molecule has 0 radical (unpaired) electrons. The highest BCUT2D eigenvalue weighted by Crippen LogP contribution is 2.59. The van der Waals surface area contributed by atoms with E-state index in [0.29, 0.717) is 0 Å². The maximum absolute atomic E-state index is 4.40. The van der Waals surface area contributed by atoms with Gasteiger partial charge >= 0.3 is 0 Å². The van der Waals surface area contributed by atoms with E-state index in [1.165, 1.54) is 89.9 Å². The summed E-state index contributed by atoms with van der Waals surface area (Å²) in [6.07, 6.45) is 20.5. The summed E-state index contributed by atoms with van der Waals surface area (Å²) in [5.74, 6) is 0. The molecule has 0 amide bonds. The topological polar surface area (TPSA) is 3.24 Å². The molecule has 0 fully saturated rings. The summed E-state index contributed by atoms with van der Waals surface area (Å²) in [7, 11) is 0.